The van der Waals surface area contributed by atoms with Crippen LogP contribution in [0.15, 0.2) is 36.5 Å². The molecule has 0 saturated heterocycles. The number of aliphatic hydroxyl groups is 1. The van der Waals surface area contributed by atoms with Crippen molar-refractivity contribution in [2.75, 3.05) is 0 Å². The fourth-order valence-electron chi connectivity index (χ4n) is 2.73. The summed E-state index contributed by atoms with van der Waals surface area (Å²) in [7, 11) is 0. The van der Waals surface area contributed by atoms with Crippen molar-refractivity contribution in [2.45, 2.75) is 96.1 Å². The average molecular weight is 379 g/mol. The van der Waals surface area contributed by atoms with Crippen LogP contribution in [0, 0.1) is 10.1 Å². The van der Waals surface area contributed by atoms with Crippen molar-refractivity contribution < 1.29 is 14.8 Å². The largest absolute Gasteiger partial charge is 0.386 e. The van der Waals surface area contributed by atoms with Crippen LogP contribution in [0.5, 0.6) is 0 Å². The molecule has 0 aromatic heterocycles. The Morgan fingerprint density at radius 1 is 0.963 bits per heavy atom. The van der Waals surface area contributed by atoms with Gasteiger partial charge in [-0.15, -0.1) is 0 Å². The molecule has 0 aromatic rings. The van der Waals surface area contributed by atoms with Gasteiger partial charge in [-0.25, -0.2) is 0 Å². The van der Waals surface area contributed by atoms with Gasteiger partial charge in [-0.2, -0.15) is 0 Å². The minimum atomic E-state index is -0.969. The van der Waals surface area contributed by atoms with Crippen molar-refractivity contribution in [3.63, 3.8) is 0 Å². The van der Waals surface area contributed by atoms with E-state index in [1.165, 1.54) is 19.3 Å². The lowest BCUT2D eigenvalue weighted by Crippen LogP contribution is -2.33. The first-order chi connectivity index (χ1) is 13.1. The molecule has 5 nitrogen and oxygen atoms in total. The highest BCUT2D eigenvalue weighted by Gasteiger charge is 2.28. The second-order valence-electron chi connectivity index (χ2n) is 6.78. The van der Waals surface area contributed by atoms with Gasteiger partial charge in [0.25, 0.3) is 0 Å². The molecule has 0 aromatic carbocycles. The summed E-state index contributed by atoms with van der Waals surface area (Å²) in [4.78, 5) is 20.9. The first kappa shape index (κ1) is 25.2. The van der Waals surface area contributed by atoms with Gasteiger partial charge in [-0.3, -0.25) is 14.9 Å². The molecule has 0 aliphatic carbocycles. The number of nitrogens with zero attached hydrogens (tertiary/aromatic N) is 1. The monoisotopic (exact) mass is 378 g/mol. The van der Waals surface area contributed by atoms with Crippen LogP contribution in [0.1, 0.15) is 84.0 Å². The van der Waals surface area contributed by atoms with Crippen molar-refractivity contribution in [1.29, 1.82) is 0 Å². The van der Waals surface area contributed by atoms with Gasteiger partial charge in [0.1, 0.15) is 6.10 Å². The van der Waals surface area contributed by atoms with E-state index in [0.29, 0.717) is 32.1 Å². The Hall–Kier alpha value is -1.75. The maximum Gasteiger partial charge on any atom is 0.238 e. The van der Waals surface area contributed by atoms with Gasteiger partial charge in [-0.1, -0.05) is 62.6 Å². The van der Waals surface area contributed by atoms with Crippen molar-refractivity contribution in [2.24, 2.45) is 0 Å². The van der Waals surface area contributed by atoms with Gasteiger partial charge < -0.3 is 5.11 Å². The third-order valence-corrected chi connectivity index (χ3v) is 4.39. The normalized spacial score (nSPS) is 14.3. The molecule has 0 bridgehead atoms. The van der Waals surface area contributed by atoms with Crippen LogP contribution < -0.4 is 0 Å². The van der Waals surface area contributed by atoms with E-state index in [2.05, 4.69) is 31.2 Å². The number of nitro groups is 1. The average Bonchev–Trinajstić information content (AvgIpc) is 2.65. The molecule has 0 amide bonds. The molecule has 0 saturated carbocycles. The quantitative estimate of drug-likeness (QED) is 0.148. The summed E-state index contributed by atoms with van der Waals surface area (Å²) in [6, 6.07) is -0.941. The Morgan fingerprint density at radius 3 is 2.26 bits per heavy atom. The van der Waals surface area contributed by atoms with E-state index < -0.39 is 17.1 Å². The molecule has 0 aliphatic rings. The van der Waals surface area contributed by atoms with Gasteiger partial charge in [-0.05, 0) is 44.9 Å². The van der Waals surface area contributed by atoms with E-state index in [9.17, 15) is 20.0 Å². The topological polar surface area (TPSA) is 80.4 Å². The molecule has 1 radical (unpaired) electrons. The lowest BCUT2D eigenvalue weighted by atomic mass is 10.0. The molecule has 1 N–H and O–H groups in total. The van der Waals surface area contributed by atoms with E-state index in [1.807, 2.05) is 18.4 Å². The molecule has 5 heteroatoms. The molecular weight excluding hydrogens is 342 g/mol. The number of hydrogen-bond donors (Lipinski definition) is 1. The van der Waals surface area contributed by atoms with Crippen LogP contribution in [-0.4, -0.2) is 28.5 Å². The summed E-state index contributed by atoms with van der Waals surface area (Å²) < 4.78 is 0. The number of allylic oxidation sites excluding steroid dienone is 5. The van der Waals surface area contributed by atoms with Gasteiger partial charge >= 0.3 is 0 Å². The summed E-state index contributed by atoms with van der Waals surface area (Å²) in [5.41, 5.74) is 0. The van der Waals surface area contributed by atoms with Gasteiger partial charge in [0.2, 0.25) is 6.04 Å². The second-order valence-corrected chi connectivity index (χ2v) is 6.78. The number of carbonyl (C=O) groups excluding carboxylic acids is 1. The number of unbranched alkanes of at least 4 members (excludes halogenated alkanes) is 6. The van der Waals surface area contributed by atoms with Crippen LogP contribution >= 0.6 is 0 Å². The smallest absolute Gasteiger partial charge is 0.238 e. The molecular formula is C22H36NO4. The Kier molecular flexibility index (Phi) is 17.8. The van der Waals surface area contributed by atoms with E-state index in [0.717, 1.165) is 25.7 Å². The summed E-state index contributed by atoms with van der Waals surface area (Å²) in [5.74, 6) is 0. The molecule has 0 aliphatic heterocycles. The Balaban J connectivity index is 3.93. The SMILES string of the molecule is CCCCC/C=C\C/C=C\C/C=C\CC(O)C(CCCCC[C]=O)[N+](=O)[O-]. The third-order valence-electron chi connectivity index (χ3n) is 4.39. The Labute approximate surface area is 164 Å². The molecule has 27 heavy (non-hydrogen) atoms. The van der Waals surface area contributed by atoms with Crippen molar-refractivity contribution in [1.82, 2.24) is 0 Å². The fraction of sp³-hybridized carbons (Fsp3) is 0.682. The van der Waals surface area contributed by atoms with Crippen molar-refractivity contribution in [3.8, 4) is 0 Å². The Morgan fingerprint density at radius 2 is 1.63 bits per heavy atom. The lowest BCUT2D eigenvalue weighted by molar-refractivity contribution is -0.535. The van der Waals surface area contributed by atoms with Crippen molar-refractivity contribution >= 4 is 6.29 Å². The number of hydrogen-bond acceptors (Lipinski definition) is 4. The van der Waals surface area contributed by atoms with Gasteiger partial charge in [0, 0.05) is 17.8 Å². The highest BCUT2D eigenvalue weighted by Crippen LogP contribution is 2.13. The molecule has 0 spiro atoms. The highest BCUT2D eigenvalue weighted by atomic mass is 16.6. The zero-order valence-corrected chi connectivity index (χ0v) is 16.7. The number of aliphatic hydroxyl groups excluding tert-OH is 1. The molecule has 0 fully saturated rings. The van der Waals surface area contributed by atoms with E-state index in [1.54, 1.807) is 0 Å². The van der Waals surface area contributed by atoms with Crippen molar-refractivity contribution in [3.05, 3.63) is 46.6 Å². The second kappa shape index (κ2) is 19.0. The highest BCUT2D eigenvalue weighted by molar-refractivity contribution is 5.50. The summed E-state index contributed by atoms with van der Waals surface area (Å²) in [6.07, 6.45) is 22.9. The summed E-state index contributed by atoms with van der Waals surface area (Å²) in [6.45, 7) is 2.20. The maximum atomic E-state index is 11.1. The third kappa shape index (κ3) is 16.2. The van der Waals surface area contributed by atoms with Crippen LogP contribution in [0.3, 0.4) is 0 Å². The molecule has 0 heterocycles. The van der Waals surface area contributed by atoms with Crippen LogP contribution in [-0.2, 0) is 4.79 Å². The Bertz CT molecular complexity index is 457. The van der Waals surface area contributed by atoms with Crippen LogP contribution in [0.25, 0.3) is 0 Å². The minimum absolute atomic E-state index is 0.291. The summed E-state index contributed by atoms with van der Waals surface area (Å²) in [5, 5.41) is 21.2. The fourth-order valence-corrected chi connectivity index (χ4v) is 2.73. The zero-order chi connectivity index (χ0) is 20.2. The molecule has 0 rings (SSSR count). The molecule has 2 atom stereocenters. The van der Waals surface area contributed by atoms with E-state index in [-0.39, 0.29) is 0 Å². The van der Waals surface area contributed by atoms with E-state index in [4.69, 9.17) is 0 Å². The first-order valence-corrected chi connectivity index (χ1v) is 10.2. The number of rotatable bonds is 18. The molecule has 2 unspecified atom stereocenters. The van der Waals surface area contributed by atoms with E-state index >= 15 is 0 Å². The predicted molar refractivity (Wildman–Crippen MR) is 111 cm³/mol. The predicted octanol–water partition coefficient (Wildman–Crippen LogP) is 5.47. The minimum Gasteiger partial charge on any atom is -0.386 e. The standard InChI is InChI=1S/C22H36NO4/c1-2-3-4-5-6-7-8-9-10-11-12-16-19-22(25)21(23(26)27)18-15-13-14-17-20-24/h6-7,9-10,12,16,21-22,25H,2-5,8,11,13-15,17-19H2,1H3/b7-6-,10-9-,16-12-. The van der Waals surface area contributed by atoms with Crippen LogP contribution in [0.4, 0.5) is 0 Å². The zero-order valence-electron chi connectivity index (χ0n) is 16.7. The maximum absolute atomic E-state index is 11.1. The van der Waals surface area contributed by atoms with Gasteiger partial charge in [0.15, 0.2) is 6.29 Å². The summed E-state index contributed by atoms with van der Waals surface area (Å²) >= 11 is 0. The van der Waals surface area contributed by atoms with Crippen LogP contribution in [0.2, 0.25) is 0 Å². The van der Waals surface area contributed by atoms with Gasteiger partial charge in [0.05, 0.1) is 0 Å². The molecule has 153 valence electrons. The first-order valence-electron chi connectivity index (χ1n) is 10.2. The lowest BCUT2D eigenvalue weighted by Gasteiger charge is -2.14.